The molecular formula is C15H15F3N3O2+. The molecule has 0 aliphatic carbocycles. The van der Waals surface area contributed by atoms with E-state index < -0.39 is 11.7 Å². The number of hydrogen-bond acceptors (Lipinski definition) is 4. The first kappa shape index (κ1) is 16.8. The second-order valence-electron chi connectivity index (χ2n) is 4.66. The van der Waals surface area contributed by atoms with E-state index in [4.69, 9.17) is 9.73 Å². The van der Waals surface area contributed by atoms with Crippen molar-refractivity contribution in [1.29, 1.82) is 0 Å². The summed E-state index contributed by atoms with van der Waals surface area (Å²) in [5, 5.41) is 15.1. The van der Waals surface area contributed by atoms with Gasteiger partial charge in [0.1, 0.15) is 11.9 Å². The van der Waals surface area contributed by atoms with Crippen molar-refractivity contribution < 1.29 is 28.4 Å². The van der Waals surface area contributed by atoms with Gasteiger partial charge >= 0.3 is 6.18 Å². The Labute approximate surface area is 130 Å². The summed E-state index contributed by atoms with van der Waals surface area (Å²) in [6.07, 6.45) is 0.355. The van der Waals surface area contributed by atoms with Gasteiger partial charge in [0.15, 0.2) is 0 Å². The van der Waals surface area contributed by atoms with Crippen molar-refractivity contribution in [3.8, 4) is 0 Å². The molecule has 1 aromatic heterocycles. The van der Waals surface area contributed by atoms with Gasteiger partial charge in [-0.3, -0.25) is 0 Å². The summed E-state index contributed by atoms with van der Waals surface area (Å²) in [7, 11) is 0. The third-order valence-corrected chi connectivity index (χ3v) is 2.92. The summed E-state index contributed by atoms with van der Waals surface area (Å²) >= 11 is 0. The van der Waals surface area contributed by atoms with Crippen LogP contribution in [0.3, 0.4) is 0 Å². The van der Waals surface area contributed by atoms with Crippen molar-refractivity contribution in [1.82, 2.24) is 5.16 Å². The molecule has 8 heteroatoms. The number of aromatic nitrogens is 1. The first-order valence-electron chi connectivity index (χ1n) is 6.62. The molecule has 0 radical (unpaired) electrons. The number of hydroxylamine groups is 1. The van der Waals surface area contributed by atoms with Gasteiger partial charge in [0.25, 0.3) is 0 Å². The fourth-order valence-corrected chi connectivity index (χ4v) is 1.77. The molecule has 0 aliphatic rings. The minimum Gasteiger partial charge on any atom is -0.338 e. The first-order chi connectivity index (χ1) is 10.9. The van der Waals surface area contributed by atoms with E-state index in [1.54, 1.807) is 25.1 Å². The average molecular weight is 326 g/mol. The number of anilines is 2. The number of hydrogen-bond donors (Lipinski definition) is 3. The highest BCUT2D eigenvalue weighted by Crippen LogP contribution is 2.31. The maximum absolute atomic E-state index is 12.7. The van der Waals surface area contributed by atoms with Crippen LogP contribution in [0.5, 0.6) is 0 Å². The third-order valence-electron chi connectivity index (χ3n) is 2.92. The van der Waals surface area contributed by atoms with Crippen LogP contribution in [0.25, 0.3) is 5.57 Å². The minimum atomic E-state index is -4.40. The van der Waals surface area contributed by atoms with Gasteiger partial charge in [0, 0.05) is 11.8 Å². The van der Waals surface area contributed by atoms with Crippen molar-refractivity contribution in [3.63, 3.8) is 0 Å². The van der Waals surface area contributed by atoms with Crippen molar-refractivity contribution >= 4 is 17.1 Å². The highest BCUT2D eigenvalue weighted by Gasteiger charge is 2.30. The molecule has 122 valence electrons. The van der Waals surface area contributed by atoms with E-state index in [2.05, 4.69) is 10.5 Å². The number of alkyl halides is 3. The molecule has 0 saturated carbocycles. The summed E-state index contributed by atoms with van der Waals surface area (Å²) in [5.74, 6) is 0.227. The lowest BCUT2D eigenvalue weighted by Crippen LogP contribution is -2.73. The second-order valence-corrected chi connectivity index (χ2v) is 4.66. The van der Waals surface area contributed by atoms with E-state index in [-0.39, 0.29) is 11.6 Å². The zero-order chi connectivity index (χ0) is 16.9. The molecule has 4 N–H and O–H groups in total. The fourth-order valence-electron chi connectivity index (χ4n) is 1.77. The molecule has 0 amide bonds. The van der Waals surface area contributed by atoms with E-state index in [0.717, 1.165) is 23.2 Å². The predicted octanol–water partition coefficient (Wildman–Crippen LogP) is 3.31. The highest BCUT2D eigenvalue weighted by molar-refractivity contribution is 5.65. The predicted molar refractivity (Wildman–Crippen MR) is 77.7 cm³/mol. The summed E-state index contributed by atoms with van der Waals surface area (Å²) in [6, 6.07) is 6.37. The van der Waals surface area contributed by atoms with Crippen LogP contribution in [0, 0.1) is 0 Å². The minimum absolute atomic E-state index is 0.227. The zero-order valence-electron chi connectivity index (χ0n) is 12.1. The van der Waals surface area contributed by atoms with E-state index in [0.29, 0.717) is 5.69 Å². The topological polar surface area (TPSA) is 74.9 Å². The van der Waals surface area contributed by atoms with Gasteiger partial charge in [-0.25, -0.2) is 5.21 Å². The smallest absolute Gasteiger partial charge is 0.338 e. The quantitative estimate of drug-likeness (QED) is 0.582. The molecule has 1 aromatic carbocycles. The number of benzene rings is 1. The van der Waals surface area contributed by atoms with Crippen LogP contribution in [0.4, 0.5) is 24.7 Å². The molecule has 2 aromatic rings. The summed E-state index contributed by atoms with van der Waals surface area (Å²) < 4.78 is 43.1. The van der Waals surface area contributed by atoms with E-state index in [1.807, 2.05) is 0 Å². The lowest BCUT2D eigenvalue weighted by atomic mass is 10.2. The van der Waals surface area contributed by atoms with Crippen molar-refractivity contribution in [2.45, 2.75) is 13.1 Å². The number of nitrogens with one attached hydrogen (secondary N) is 1. The van der Waals surface area contributed by atoms with Crippen LogP contribution in [0.2, 0.25) is 0 Å². The van der Waals surface area contributed by atoms with Gasteiger partial charge < -0.3 is 9.84 Å². The molecule has 5 nitrogen and oxygen atoms in total. The summed E-state index contributed by atoms with van der Waals surface area (Å²) in [5.41, 5.74) is 1.70. The Morgan fingerprint density at radius 1 is 1.35 bits per heavy atom. The second kappa shape index (κ2) is 7.12. The number of nitrogens with zero attached hydrogens (tertiary/aromatic N) is 1. The molecule has 0 spiro atoms. The molecule has 0 unspecified atom stereocenters. The average Bonchev–Trinajstić information content (AvgIpc) is 2.95. The van der Waals surface area contributed by atoms with Crippen LogP contribution in [0.15, 0.2) is 53.2 Å². The zero-order valence-corrected chi connectivity index (χ0v) is 12.1. The van der Waals surface area contributed by atoms with Crippen molar-refractivity contribution in [3.05, 3.63) is 59.9 Å². The molecule has 0 saturated heterocycles. The molecule has 0 atom stereocenters. The number of rotatable bonds is 5. The number of allylic oxidation sites excluding steroid dienone is 3. The maximum Gasteiger partial charge on any atom is 0.416 e. The molecule has 2 rings (SSSR count). The van der Waals surface area contributed by atoms with Gasteiger partial charge in [-0.15, -0.1) is 0 Å². The van der Waals surface area contributed by atoms with Gasteiger partial charge in [-0.2, -0.15) is 18.7 Å². The molecule has 1 heterocycles. The number of halogens is 3. The molecular weight excluding hydrogens is 311 g/mol. The third kappa shape index (κ3) is 4.70. The highest BCUT2D eigenvalue weighted by atomic mass is 19.4. The van der Waals surface area contributed by atoms with E-state index in [1.165, 1.54) is 18.3 Å². The standard InChI is InChI=1S/C15H14F3N3O2/c1-10(4-3-7-19-22)13-9-14(23-21-13)20-12-6-2-5-11(8-12)15(16,17)18/h2-9,19-20,22H,1H3/p+1/b7-3-,10-4+. The van der Waals surface area contributed by atoms with Crippen LogP contribution < -0.4 is 10.8 Å². The van der Waals surface area contributed by atoms with Gasteiger partial charge in [0.05, 0.1) is 5.56 Å². The molecule has 0 aliphatic heterocycles. The van der Waals surface area contributed by atoms with Crippen LogP contribution in [-0.4, -0.2) is 10.4 Å². The van der Waals surface area contributed by atoms with Gasteiger partial charge in [0.2, 0.25) is 5.88 Å². The lowest BCUT2D eigenvalue weighted by molar-refractivity contribution is -0.838. The molecule has 23 heavy (non-hydrogen) atoms. The van der Waals surface area contributed by atoms with Crippen molar-refractivity contribution in [2.75, 3.05) is 5.32 Å². The normalized spacial score (nSPS) is 12.8. The van der Waals surface area contributed by atoms with E-state index >= 15 is 0 Å². The maximum atomic E-state index is 12.7. The van der Waals surface area contributed by atoms with Crippen LogP contribution >= 0.6 is 0 Å². The van der Waals surface area contributed by atoms with Crippen LogP contribution in [0.1, 0.15) is 18.2 Å². The Hall–Kier alpha value is -2.58. The Kier molecular flexibility index (Phi) is 5.20. The van der Waals surface area contributed by atoms with Crippen LogP contribution in [-0.2, 0) is 6.18 Å². The Balaban J connectivity index is 2.13. The summed E-state index contributed by atoms with van der Waals surface area (Å²) in [4.78, 5) is 0. The van der Waals surface area contributed by atoms with Crippen molar-refractivity contribution in [2.24, 2.45) is 0 Å². The fraction of sp³-hybridized carbons (Fsp3) is 0.133. The van der Waals surface area contributed by atoms with E-state index in [9.17, 15) is 13.2 Å². The SMILES string of the molecule is C/C(=C\C=C/[NH2+]O)c1cc(Nc2cccc(C(F)(F)F)c2)on1. The molecule has 0 fully saturated rings. The van der Waals surface area contributed by atoms with Gasteiger partial charge in [-0.05, 0) is 36.8 Å². The first-order valence-corrected chi connectivity index (χ1v) is 6.62. The Bertz CT molecular complexity index is 721. The summed E-state index contributed by atoms with van der Waals surface area (Å²) in [6.45, 7) is 1.79. The van der Waals surface area contributed by atoms with Gasteiger partial charge in [-0.1, -0.05) is 17.3 Å². The molecule has 0 bridgehead atoms. The number of nitrogens with two attached hydrogens (primary N) is 1. The largest absolute Gasteiger partial charge is 0.416 e. The monoisotopic (exact) mass is 326 g/mol. The number of quaternary nitrogens is 1. The lowest BCUT2D eigenvalue weighted by Gasteiger charge is -2.08. The Morgan fingerprint density at radius 2 is 2.13 bits per heavy atom. The Morgan fingerprint density at radius 3 is 2.83 bits per heavy atom.